The molecule has 2 aromatic rings. The number of benzene rings is 1. The molecule has 0 fully saturated rings. The van der Waals surface area contributed by atoms with Gasteiger partial charge in [0.1, 0.15) is 17.0 Å². The van der Waals surface area contributed by atoms with Crippen LogP contribution >= 0.6 is 0 Å². The minimum atomic E-state index is -4.21. The summed E-state index contributed by atoms with van der Waals surface area (Å²) in [5.41, 5.74) is -0.326. The van der Waals surface area contributed by atoms with E-state index in [0.29, 0.717) is 0 Å². The van der Waals surface area contributed by atoms with Crippen LogP contribution in [0.2, 0.25) is 0 Å². The summed E-state index contributed by atoms with van der Waals surface area (Å²) >= 11 is 0. The SMILES string of the molecule is Cn1cnc(CNS(=O)(=O)c2cc(C(=O)O)ccc2F)n1. The first kappa shape index (κ1) is 15.1. The minimum absolute atomic E-state index is 0.205. The number of carboxylic acid groups (broad SMARTS) is 1. The van der Waals surface area contributed by atoms with Gasteiger partial charge in [-0.15, -0.1) is 0 Å². The number of carbonyl (C=O) groups is 1. The highest BCUT2D eigenvalue weighted by molar-refractivity contribution is 7.89. The molecule has 2 N–H and O–H groups in total. The number of sulfonamides is 1. The Bertz CT molecular complexity index is 787. The first-order valence-electron chi connectivity index (χ1n) is 5.66. The first-order valence-corrected chi connectivity index (χ1v) is 7.15. The Kier molecular flexibility index (Phi) is 4.00. The van der Waals surface area contributed by atoms with Crippen LogP contribution in [0.25, 0.3) is 0 Å². The average Bonchev–Trinajstić information content (AvgIpc) is 2.82. The Hall–Kier alpha value is -2.33. The summed E-state index contributed by atoms with van der Waals surface area (Å²) in [7, 11) is -2.60. The second kappa shape index (κ2) is 5.58. The molecule has 0 bridgehead atoms. The van der Waals surface area contributed by atoms with Gasteiger partial charge in [-0.3, -0.25) is 4.68 Å². The number of aromatic carboxylic acids is 1. The van der Waals surface area contributed by atoms with E-state index in [1.54, 1.807) is 7.05 Å². The third kappa shape index (κ3) is 3.41. The Morgan fingerprint density at radius 2 is 2.19 bits per heavy atom. The molecule has 0 aliphatic carbocycles. The molecule has 0 spiro atoms. The molecular weight excluding hydrogens is 303 g/mol. The zero-order valence-electron chi connectivity index (χ0n) is 10.8. The van der Waals surface area contributed by atoms with Gasteiger partial charge in [-0.05, 0) is 18.2 Å². The molecule has 0 amide bonds. The van der Waals surface area contributed by atoms with Crippen LogP contribution in [0.15, 0.2) is 29.4 Å². The predicted molar refractivity (Wildman–Crippen MR) is 68.4 cm³/mol. The lowest BCUT2D eigenvalue weighted by Gasteiger charge is -2.07. The van der Waals surface area contributed by atoms with Crippen molar-refractivity contribution in [3.63, 3.8) is 0 Å². The van der Waals surface area contributed by atoms with Gasteiger partial charge >= 0.3 is 5.97 Å². The molecule has 2 rings (SSSR count). The standard InChI is InChI=1S/C11H11FN4O4S/c1-16-6-13-10(15-16)5-14-21(19,20)9-4-7(11(17)18)2-3-8(9)12/h2-4,6,14H,5H2,1H3,(H,17,18). The fraction of sp³-hybridized carbons (Fsp3) is 0.182. The molecule has 1 heterocycles. The fourth-order valence-electron chi connectivity index (χ4n) is 1.54. The lowest BCUT2D eigenvalue weighted by Crippen LogP contribution is -2.25. The number of halogens is 1. The van der Waals surface area contributed by atoms with Crippen LogP contribution in [0.1, 0.15) is 16.2 Å². The zero-order valence-corrected chi connectivity index (χ0v) is 11.6. The van der Waals surface area contributed by atoms with Crippen LogP contribution < -0.4 is 4.72 Å². The molecule has 0 radical (unpaired) electrons. The smallest absolute Gasteiger partial charge is 0.335 e. The summed E-state index contributed by atoms with van der Waals surface area (Å²) in [6.45, 7) is -0.236. The number of aryl methyl sites for hydroxylation is 1. The third-order valence-electron chi connectivity index (χ3n) is 2.54. The zero-order chi connectivity index (χ0) is 15.6. The van der Waals surface area contributed by atoms with Gasteiger partial charge in [-0.2, -0.15) is 5.10 Å². The van der Waals surface area contributed by atoms with Crippen molar-refractivity contribution >= 4 is 16.0 Å². The molecule has 112 valence electrons. The quantitative estimate of drug-likeness (QED) is 0.811. The van der Waals surface area contributed by atoms with Crippen LogP contribution in [0.4, 0.5) is 4.39 Å². The molecule has 21 heavy (non-hydrogen) atoms. The van der Waals surface area contributed by atoms with E-state index < -0.39 is 26.7 Å². The highest BCUT2D eigenvalue weighted by atomic mass is 32.2. The van der Waals surface area contributed by atoms with Crippen molar-refractivity contribution < 1.29 is 22.7 Å². The second-order valence-corrected chi connectivity index (χ2v) is 5.84. The monoisotopic (exact) mass is 314 g/mol. The van der Waals surface area contributed by atoms with Gasteiger partial charge in [0, 0.05) is 7.05 Å². The maximum absolute atomic E-state index is 13.6. The van der Waals surface area contributed by atoms with Gasteiger partial charge in [0.15, 0.2) is 5.82 Å². The van der Waals surface area contributed by atoms with Crippen LogP contribution in [0, 0.1) is 5.82 Å². The molecule has 10 heteroatoms. The molecule has 0 aliphatic rings. The van der Waals surface area contributed by atoms with Gasteiger partial charge in [0.2, 0.25) is 10.0 Å². The number of nitrogens with zero attached hydrogens (tertiary/aromatic N) is 3. The molecular formula is C11H11FN4O4S. The van der Waals surface area contributed by atoms with Crippen molar-refractivity contribution in [2.75, 3.05) is 0 Å². The van der Waals surface area contributed by atoms with E-state index in [0.717, 1.165) is 18.2 Å². The van der Waals surface area contributed by atoms with E-state index in [1.807, 2.05) is 0 Å². The first-order chi connectivity index (χ1) is 9.79. The van der Waals surface area contributed by atoms with Gasteiger partial charge in [0.05, 0.1) is 12.1 Å². The van der Waals surface area contributed by atoms with Crippen molar-refractivity contribution in [3.8, 4) is 0 Å². The van der Waals surface area contributed by atoms with Crippen molar-refractivity contribution in [1.29, 1.82) is 0 Å². The van der Waals surface area contributed by atoms with Crippen molar-refractivity contribution in [2.45, 2.75) is 11.4 Å². The van der Waals surface area contributed by atoms with E-state index in [2.05, 4.69) is 14.8 Å². The summed E-state index contributed by atoms with van der Waals surface area (Å²) < 4.78 is 41.1. The van der Waals surface area contributed by atoms with Gasteiger partial charge in [0.25, 0.3) is 0 Å². The number of aromatic nitrogens is 3. The van der Waals surface area contributed by atoms with E-state index in [9.17, 15) is 17.6 Å². The molecule has 1 aromatic carbocycles. The van der Waals surface area contributed by atoms with Crippen molar-refractivity contribution in [3.05, 3.63) is 41.7 Å². The summed E-state index contributed by atoms with van der Waals surface area (Å²) in [6.07, 6.45) is 1.38. The van der Waals surface area contributed by atoms with Gasteiger partial charge < -0.3 is 5.11 Å². The Labute approximate surface area is 119 Å². The lowest BCUT2D eigenvalue weighted by atomic mass is 10.2. The molecule has 1 aromatic heterocycles. The normalized spacial score (nSPS) is 11.5. The number of hydrogen-bond donors (Lipinski definition) is 2. The number of rotatable bonds is 5. The molecule has 8 nitrogen and oxygen atoms in total. The van der Waals surface area contributed by atoms with Crippen molar-refractivity contribution in [2.24, 2.45) is 7.05 Å². The summed E-state index contributed by atoms with van der Waals surface area (Å²) in [5.74, 6) is -2.19. The van der Waals surface area contributed by atoms with Crippen molar-refractivity contribution in [1.82, 2.24) is 19.5 Å². The van der Waals surface area contributed by atoms with E-state index in [1.165, 1.54) is 11.0 Å². The van der Waals surface area contributed by atoms with Gasteiger partial charge in [-0.1, -0.05) is 0 Å². The lowest BCUT2D eigenvalue weighted by molar-refractivity contribution is 0.0696. The van der Waals surface area contributed by atoms with Gasteiger partial charge in [-0.25, -0.2) is 27.3 Å². The molecule has 0 aliphatic heterocycles. The number of hydrogen-bond acceptors (Lipinski definition) is 5. The predicted octanol–water partition coefficient (Wildman–Crippen LogP) is 0.131. The number of carboxylic acids is 1. The second-order valence-electron chi connectivity index (χ2n) is 4.11. The fourth-order valence-corrected chi connectivity index (χ4v) is 2.63. The van der Waals surface area contributed by atoms with E-state index in [-0.39, 0.29) is 17.9 Å². The summed E-state index contributed by atoms with van der Waals surface area (Å²) in [5, 5.41) is 12.7. The largest absolute Gasteiger partial charge is 0.478 e. The Morgan fingerprint density at radius 1 is 1.48 bits per heavy atom. The molecule has 0 atom stereocenters. The van der Waals surface area contributed by atoms with Crippen LogP contribution in [0.3, 0.4) is 0 Å². The highest BCUT2D eigenvalue weighted by Gasteiger charge is 2.21. The van der Waals surface area contributed by atoms with E-state index >= 15 is 0 Å². The Morgan fingerprint density at radius 3 is 2.76 bits per heavy atom. The molecule has 0 saturated carbocycles. The minimum Gasteiger partial charge on any atom is -0.478 e. The van der Waals surface area contributed by atoms with Crippen LogP contribution in [-0.4, -0.2) is 34.3 Å². The van der Waals surface area contributed by atoms with E-state index in [4.69, 9.17) is 5.11 Å². The number of nitrogens with one attached hydrogen (secondary N) is 1. The maximum atomic E-state index is 13.6. The van der Waals surface area contributed by atoms with Crippen LogP contribution in [0.5, 0.6) is 0 Å². The highest BCUT2D eigenvalue weighted by Crippen LogP contribution is 2.16. The maximum Gasteiger partial charge on any atom is 0.335 e. The third-order valence-corrected chi connectivity index (χ3v) is 3.95. The molecule has 0 saturated heterocycles. The molecule has 0 unspecified atom stereocenters. The summed E-state index contributed by atoms with van der Waals surface area (Å²) in [4.78, 5) is 13.9. The van der Waals surface area contributed by atoms with Crippen LogP contribution in [-0.2, 0) is 23.6 Å². The summed E-state index contributed by atoms with van der Waals surface area (Å²) in [6, 6.07) is 2.53. The Balaban J connectivity index is 2.26. The average molecular weight is 314 g/mol. The topological polar surface area (TPSA) is 114 Å².